The molecule has 0 saturated heterocycles. The van der Waals surface area contributed by atoms with Crippen LogP contribution in [0.4, 0.5) is 5.69 Å². The van der Waals surface area contributed by atoms with E-state index in [9.17, 15) is 9.90 Å². The van der Waals surface area contributed by atoms with Crippen LogP contribution in [0.25, 0.3) is 10.8 Å². The van der Waals surface area contributed by atoms with E-state index in [1.54, 1.807) is 18.2 Å². The lowest BCUT2D eigenvalue weighted by Crippen LogP contribution is -2.14. The van der Waals surface area contributed by atoms with Crippen LogP contribution in [0, 0.1) is 0 Å². The highest BCUT2D eigenvalue weighted by Crippen LogP contribution is 2.18. The van der Waals surface area contributed by atoms with Gasteiger partial charge in [0.15, 0.2) is 0 Å². The van der Waals surface area contributed by atoms with Crippen molar-refractivity contribution < 1.29 is 9.90 Å². The molecule has 0 aliphatic heterocycles. The SMILES string of the molecule is O=C(Cc1ccc2ccccc2c1)Nc1cccc(O)c1. The quantitative estimate of drug-likeness (QED) is 0.766. The second kappa shape index (κ2) is 5.67. The smallest absolute Gasteiger partial charge is 0.228 e. The van der Waals surface area contributed by atoms with Crippen LogP contribution < -0.4 is 5.32 Å². The van der Waals surface area contributed by atoms with Gasteiger partial charge in [-0.2, -0.15) is 0 Å². The molecule has 0 radical (unpaired) electrons. The Morgan fingerprint density at radius 1 is 0.905 bits per heavy atom. The van der Waals surface area contributed by atoms with Crippen molar-refractivity contribution in [2.45, 2.75) is 6.42 Å². The highest BCUT2D eigenvalue weighted by molar-refractivity contribution is 5.93. The minimum atomic E-state index is -0.101. The topological polar surface area (TPSA) is 49.3 Å². The van der Waals surface area contributed by atoms with Gasteiger partial charge in [-0.05, 0) is 28.5 Å². The lowest BCUT2D eigenvalue weighted by molar-refractivity contribution is -0.115. The van der Waals surface area contributed by atoms with E-state index in [2.05, 4.69) is 5.32 Å². The van der Waals surface area contributed by atoms with Gasteiger partial charge in [0.2, 0.25) is 5.91 Å². The summed E-state index contributed by atoms with van der Waals surface area (Å²) in [7, 11) is 0. The number of nitrogens with one attached hydrogen (secondary N) is 1. The molecule has 0 heterocycles. The van der Waals surface area contributed by atoms with Gasteiger partial charge in [-0.25, -0.2) is 0 Å². The standard InChI is InChI=1S/C18H15NO2/c20-17-7-3-6-16(12-17)19-18(21)11-13-8-9-14-4-1-2-5-15(14)10-13/h1-10,12,20H,11H2,(H,19,21). The molecule has 0 saturated carbocycles. The molecule has 0 atom stereocenters. The molecule has 2 N–H and O–H groups in total. The first-order valence-electron chi connectivity index (χ1n) is 6.77. The molecule has 3 heteroatoms. The van der Waals surface area contributed by atoms with Crippen LogP contribution in [0.2, 0.25) is 0 Å². The molecule has 3 aromatic rings. The van der Waals surface area contributed by atoms with Crippen LogP contribution in [0.15, 0.2) is 66.7 Å². The van der Waals surface area contributed by atoms with Crippen molar-refractivity contribution in [1.82, 2.24) is 0 Å². The lowest BCUT2D eigenvalue weighted by Gasteiger charge is -2.06. The van der Waals surface area contributed by atoms with Crippen molar-refractivity contribution in [3.05, 3.63) is 72.3 Å². The fourth-order valence-electron chi connectivity index (χ4n) is 2.32. The summed E-state index contributed by atoms with van der Waals surface area (Å²) in [4.78, 5) is 12.0. The number of carbonyl (C=O) groups excluding carboxylic acids is 1. The second-order valence-corrected chi connectivity index (χ2v) is 4.96. The van der Waals surface area contributed by atoms with Gasteiger partial charge >= 0.3 is 0 Å². The van der Waals surface area contributed by atoms with Gasteiger partial charge in [-0.3, -0.25) is 4.79 Å². The average Bonchev–Trinajstić information content (AvgIpc) is 2.47. The predicted molar refractivity (Wildman–Crippen MR) is 84.4 cm³/mol. The Labute approximate surface area is 122 Å². The van der Waals surface area contributed by atoms with Crippen LogP contribution in [-0.2, 0) is 11.2 Å². The lowest BCUT2D eigenvalue weighted by atomic mass is 10.0. The van der Waals surface area contributed by atoms with Gasteiger partial charge in [-0.15, -0.1) is 0 Å². The van der Waals surface area contributed by atoms with Crippen molar-refractivity contribution in [3.8, 4) is 5.75 Å². The summed E-state index contributed by atoms with van der Waals surface area (Å²) in [6.07, 6.45) is 0.306. The van der Waals surface area contributed by atoms with E-state index in [-0.39, 0.29) is 11.7 Å². The molecule has 0 fully saturated rings. The van der Waals surface area contributed by atoms with E-state index in [0.29, 0.717) is 12.1 Å². The summed E-state index contributed by atoms with van der Waals surface area (Å²) in [6, 6.07) is 20.6. The molecule has 3 rings (SSSR count). The van der Waals surface area contributed by atoms with E-state index in [1.807, 2.05) is 42.5 Å². The zero-order valence-electron chi connectivity index (χ0n) is 11.4. The highest BCUT2D eigenvalue weighted by Gasteiger charge is 2.05. The average molecular weight is 277 g/mol. The fraction of sp³-hybridized carbons (Fsp3) is 0.0556. The van der Waals surface area contributed by atoms with Gasteiger partial charge in [0.25, 0.3) is 0 Å². The van der Waals surface area contributed by atoms with Crippen molar-refractivity contribution in [2.75, 3.05) is 5.32 Å². The third-order valence-corrected chi connectivity index (χ3v) is 3.31. The van der Waals surface area contributed by atoms with Gasteiger partial charge in [0.1, 0.15) is 5.75 Å². The number of phenols is 1. The molecule has 0 aliphatic rings. The minimum absolute atomic E-state index is 0.101. The Morgan fingerprint density at radius 2 is 1.71 bits per heavy atom. The molecule has 0 spiro atoms. The van der Waals surface area contributed by atoms with Crippen LogP contribution in [-0.4, -0.2) is 11.0 Å². The molecular weight excluding hydrogens is 262 g/mol. The van der Waals surface area contributed by atoms with Crippen LogP contribution >= 0.6 is 0 Å². The largest absolute Gasteiger partial charge is 0.508 e. The zero-order valence-corrected chi connectivity index (χ0v) is 11.4. The highest BCUT2D eigenvalue weighted by atomic mass is 16.3. The summed E-state index contributed by atoms with van der Waals surface area (Å²) in [6.45, 7) is 0. The Bertz CT molecular complexity index is 796. The molecule has 0 bridgehead atoms. The number of benzene rings is 3. The first-order valence-corrected chi connectivity index (χ1v) is 6.77. The second-order valence-electron chi connectivity index (χ2n) is 4.96. The number of anilines is 1. The summed E-state index contributed by atoms with van der Waals surface area (Å²) in [5, 5.41) is 14.4. The van der Waals surface area contributed by atoms with Crippen LogP contribution in [0.5, 0.6) is 5.75 Å². The molecule has 3 aromatic carbocycles. The van der Waals surface area contributed by atoms with Crippen molar-refractivity contribution in [2.24, 2.45) is 0 Å². The van der Waals surface area contributed by atoms with Gasteiger partial charge in [0.05, 0.1) is 6.42 Å². The molecule has 0 unspecified atom stereocenters. The van der Waals surface area contributed by atoms with Crippen molar-refractivity contribution in [1.29, 1.82) is 0 Å². The maximum atomic E-state index is 12.0. The van der Waals surface area contributed by atoms with Gasteiger partial charge < -0.3 is 10.4 Å². The molecule has 21 heavy (non-hydrogen) atoms. The van der Waals surface area contributed by atoms with E-state index in [1.165, 1.54) is 6.07 Å². The number of amides is 1. The van der Waals surface area contributed by atoms with Crippen LogP contribution in [0.3, 0.4) is 0 Å². The van der Waals surface area contributed by atoms with Gasteiger partial charge in [0, 0.05) is 11.8 Å². The third-order valence-electron chi connectivity index (χ3n) is 3.31. The van der Waals surface area contributed by atoms with E-state index in [0.717, 1.165) is 16.3 Å². The number of aromatic hydroxyl groups is 1. The molecule has 3 nitrogen and oxygen atoms in total. The molecule has 0 aliphatic carbocycles. The fourth-order valence-corrected chi connectivity index (χ4v) is 2.32. The first kappa shape index (κ1) is 13.2. The Kier molecular flexibility index (Phi) is 3.56. The monoisotopic (exact) mass is 277 g/mol. The third kappa shape index (κ3) is 3.20. The summed E-state index contributed by atoms with van der Waals surface area (Å²) >= 11 is 0. The number of phenolic OH excluding ortho intramolecular Hbond substituents is 1. The number of hydrogen-bond acceptors (Lipinski definition) is 2. The van der Waals surface area contributed by atoms with Gasteiger partial charge in [-0.1, -0.05) is 48.5 Å². The van der Waals surface area contributed by atoms with E-state index >= 15 is 0 Å². The summed E-state index contributed by atoms with van der Waals surface area (Å²) < 4.78 is 0. The molecule has 0 aromatic heterocycles. The Balaban J connectivity index is 1.74. The maximum absolute atomic E-state index is 12.0. The van der Waals surface area contributed by atoms with E-state index in [4.69, 9.17) is 0 Å². The van der Waals surface area contributed by atoms with Crippen molar-refractivity contribution in [3.63, 3.8) is 0 Å². The Morgan fingerprint density at radius 3 is 2.52 bits per heavy atom. The van der Waals surface area contributed by atoms with Crippen molar-refractivity contribution >= 4 is 22.4 Å². The van der Waals surface area contributed by atoms with Crippen LogP contribution in [0.1, 0.15) is 5.56 Å². The summed E-state index contributed by atoms with van der Waals surface area (Å²) in [5.74, 6) is 0.0365. The Hall–Kier alpha value is -2.81. The molecular formula is C18H15NO2. The first-order chi connectivity index (χ1) is 10.2. The zero-order chi connectivity index (χ0) is 14.7. The minimum Gasteiger partial charge on any atom is -0.508 e. The summed E-state index contributed by atoms with van der Waals surface area (Å²) in [5.41, 5.74) is 1.56. The van der Waals surface area contributed by atoms with E-state index < -0.39 is 0 Å². The predicted octanol–water partition coefficient (Wildman–Crippen LogP) is 3.73. The maximum Gasteiger partial charge on any atom is 0.228 e. The molecule has 104 valence electrons. The molecule has 1 amide bonds. The number of fused-ring (bicyclic) bond motifs is 1. The number of rotatable bonds is 3. The number of carbonyl (C=O) groups is 1. The number of hydrogen-bond donors (Lipinski definition) is 2. The normalized spacial score (nSPS) is 10.5.